The predicted octanol–water partition coefficient (Wildman–Crippen LogP) is 4.99. The number of benzene rings is 3. The van der Waals surface area contributed by atoms with Crippen molar-refractivity contribution in [2.45, 2.75) is 83.7 Å². The third-order valence-corrected chi connectivity index (χ3v) is 6.86. The molecular weight excluding hydrogens is 612 g/mol. The highest BCUT2D eigenvalue weighted by Gasteiger charge is 2.38. The lowest BCUT2D eigenvalue weighted by Gasteiger charge is -2.34. The van der Waals surface area contributed by atoms with Gasteiger partial charge in [0.1, 0.15) is 41.6 Å². The van der Waals surface area contributed by atoms with Crippen LogP contribution in [0, 0.1) is 11.3 Å². The predicted molar refractivity (Wildman–Crippen MR) is 179 cm³/mol. The quantitative estimate of drug-likeness (QED) is 0.182. The van der Waals surface area contributed by atoms with Crippen molar-refractivity contribution in [3.8, 4) is 11.8 Å². The van der Waals surface area contributed by atoms with Crippen LogP contribution in [0.4, 0.5) is 4.79 Å². The molecule has 0 radical (unpaired) electrons. The molecule has 0 aliphatic heterocycles. The summed E-state index contributed by atoms with van der Waals surface area (Å²) in [5.41, 5.74) is 0.0254. The monoisotopic (exact) mass is 656 g/mol. The van der Waals surface area contributed by atoms with Gasteiger partial charge in [-0.3, -0.25) is 9.59 Å². The first-order valence-corrected chi connectivity index (χ1v) is 15.6. The molecule has 0 aliphatic rings. The summed E-state index contributed by atoms with van der Waals surface area (Å²) in [6, 6.07) is 21.8. The summed E-state index contributed by atoms with van der Waals surface area (Å²) in [5.74, 6) is -2.11. The van der Waals surface area contributed by atoms with Gasteiger partial charge in [0, 0.05) is 12.8 Å². The van der Waals surface area contributed by atoms with Gasteiger partial charge < -0.3 is 30.1 Å². The molecule has 0 bridgehead atoms. The number of nitrogens with one attached hydrogen (secondary N) is 2. The maximum Gasteiger partial charge on any atom is 0.408 e. The van der Waals surface area contributed by atoms with Crippen molar-refractivity contribution in [3.63, 3.8) is 0 Å². The van der Waals surface area contributed by atoms with Crippen molar-refractivity contribution in [3.05, 3.63) is 102 Å². The average Bonchev–Trinajstić information content (AvgIpc) is 3.00. The number of amides is 3. The minimum Gasteiger partial charge on any atom is -0.508 e. The largest absolute Gasteiger partial charge is 0.508 e. The lowest BCUT2D eigenvalue weighted by atomic mass is 9.99. The number of ether oxygens (including phenoxy) is 2. The highest BCUT2D eigenvalue weighted by molar-refractivity contribution is 5.94. The van der Waals surface area contributed by atoms with Gasteiger partial charge in [-0.25, -0.2) is 9.59 Å². The number of aromatic hydroxyl groups is 1. The molecule has 0 fully saturated rings. The summed E-state index contributed by atoms with van der Waals surface area (Å²) in [6.45, 7) is 9.67. The molecule has 3 aromatic carbocycles. The minimum absolute atomic E-state index is 0.0173. The van der Waals surface area contributed by atoms with Crippen molar-refractivity contribution >= 4 is 23.9 Å². The molecule has 3 atom stereocenters. The van der Waals surface area contributed by atoms with Gasteiger partial charge in [-0.1, -0.05) is 72.8 Å². The molecule has 0 aromatic heterocycles. The third-order valence-electron chi connectivity index (χ3n) is 6.86. The number of nitriles is 1. The van der Waals surface area contributed by atoms with Crippen molar-refractivity contribution in [1.29, 1.82) is 5.26 Å². The summed E-state index contributed by atoms with van der Waals surface area (Å²) in [5, 5.41) is 25.1. The first kappa shape index (κ1) is 37.1. The minimum atomic E-state index is -1.37. The summed E-state index contributed by atoms with van der Waals surface area (Å²) >= 11 is 0. The lowest BCUT2D eigenvalue weighted by Crippen LogP contribution is -2.55. The number of alkyl carbamates (subject to hydrolysis) is 1. The second kappa shape index (κ2) is 16.5. The number of esters is 1. The van der Waals surface area contributed by atoms with Crippen LogP contribution < -0.4 is 10.6 Å². The zero-order chi connectivity index (χ0) is 35.5. The Morgan fingerprint density at radius 1 is 0.750 bits per heavy atom. The third kappa shape index (κ3) is 11.8. The van der Waals surface area contributed by atoms with Gasteiger partial charge in [-0.05, 0) is 70.4 Å². The maximum atomic E-state index is 14.4. The molecule has 0 saturated heterocycles. The van der Waals surface area contributed by atoms with Crippen LogP contribution in [-0.2, 0) is 36.7 Å². The molecule has 3 aromatic rings. The fraction of sp³-hybridized carbons (Fsp3) is 0.378. The molecule has 11 nitrogen and oxygen atoms in total. The van der Waals surface area contributed by atoms with E-state index in [2.05, 4.69) is 10.6 Å². The number of carbonyl (C=O) groups is 4. The molecule has 11 heteroatoms. The van der Waals surface area contributed by atoms with Crippen molar-refractivity contribution in [1.82, 2.24) is 15.5 Å². The number of rotatable bonds is 12. The Balaban J connectivity index is 2.05. The topological polar surface area (TPSA) is 158 Å². The van der Waals surface area contributed by atoms with E-state index < -0.39 is 59.7 Å². The van der Waals surface area contributed by atoms with Gasteiger partial charge in [0.05, 0.1) is 6.07 Å². The van der Waals surface area contributed by atoms with E-state index in [1.165, 1.54) is 12.1 Å². The molecule has 3 rings (SSSR count). The van der Waals surface area contributed by atoms with Crippen LogP contribution in [0.5, 0.6) is 5.75 Å². The normalized spacial score (nSPS) is 13.2. The number of hydrogen-bond acceptors (Lipinski definition) is 8. The summed E-state index contributed by atoms with van der Waals surface area (Å²) in [7, 11) is 0. The van der Waals surface area contributed by atoms with Crippen molar-refractivity contribution in [2.75, 3.05) is 6.54 Å². The molecule has 254 valence electrons. The van der Waals surface area contributed by atoms with Crippen LogP contribution in [0.2, 0.25) is 0 Å². The van der Waals surface area contributed by atoms with E-state index in [4.69, 9.17) is 9.47 Å². The van der Waals surface area contributed by atoms with E-state index in [0.717, 1.165) is 10.5 Å². The van der Waals surface area contributed by atoms with Crippen molar-refractivity contribution in [2.24, 2.45) is 0 Å². The van der Waals surface area contributed by atoms with Gasteiger partial charge in [-0.2, -0.15) is 5.26 Å². The molecule has 48 heavy (non-hydrogen) atoms. The van der Waals surface area contributed by atoms with E-state index >= 15 is 0 Å². The van der Waals surface area contributed by atoms with E-state index in [-0.39, 0.29) is 18.6 Å². The zero-order valence-electron chi connectivity index (χ0n) is 28.2. The van der Waals surface area contributed by atoms with E-state index in [9.17, 15) is 29.5 Å². The molecule has 0 aliphatic carbocycles. The average molecular weight is 657 g/mol. The van der Waals surface area contributed by atoms with Gasteiger partial charge in [-0.15, -0.1) is 0 Å². The highest BCUT2D eigenvalue weighted by atomic mass is 16.6. The fourth-order valence-electron chi connectivity index (χ4n) is 4.87. The van der Waals surface area contributed by atoms with Crippen LogP contribution in [-0.4, -0.2) is 63.7 Å². The Bertz CT molecular complexity index is 1570. The fourth-order valence-corrected chi connectivity index (χ4v) is 4.87. The highest BCUT2D eigenvalue weighted by Crippen LogP contribution is 2.24. The number of carbonyl (C=O) groups excluding carboxylic acids is 4. The molecule has 3 unspecified atom stereocenters. The van der Waals surface area contributed by atoms with Crippen LogP contribution in [0.15, 0.2) is 84.9 Å². The van der Waals surface area contributed by atoms with Crippen molar-refractivity contribution < 1.29 is 33.8 Å². The Labute approximate surface area is 281 Å². The first-order chi connectivity index (χ1) is 22.6. The first-order valence-electron chi connectivity index (χ1n) is 15.6. The van der Waals surface area contributed by atoms with Gasteiger partial charge in [0.25, 0.3) is 0 Å². The molecule has 3 amide bonds. The standard InChI is InChI=1S/C37H44N4O7/c1-36(2,3)47-34(45)30(24-25-13-9-7-10-14-25)39-32(43)31(27-15-11-8-12-16-27)41(22-21-38)33(44)29(40-35(46)48-37(4,5)6)23-26-17-19-28(42)20-18-26/h7-20,29-31,42H,22-24H2,1-6H3,(H,39,43)(H,40,46). The Hall–Kier alpha value is -5.37. The van der Waals surface area contributed by atoms with E-state index in [1.54, 1.807) is 84.0 Å². The van der Waals surface area contributed by atoms with Gasteiger partial charge in [0.15, 0.2) is 0 Å². The van der Waals surface area contributed by atoms with Crippen LogP contribution in [0.1, 0.15) is 64.3 Å². The van der Waals surface area contributed by atoms with E-state index in [1.807, 2.05) is 36.4 Å². The molecule has 3 N–H and O–H groups in total. The summed E-state index contributed by atoms with van der Waals surface area (Å²) in [4.78, 5) is 56.1. The van der Waals surface area contributed by atoms with Gasteiger partial charge >= 0.3 is 12.1 Å². The van der Waals surface area contributed by atoms with E-state index in [0.29, 0.717) is 11.1 Å². The zero-order valence-corrected chi connectivity index (χ0v) is 28.2. The summed E-state index contributed by atoms with van der Waals surface area (Å²) in [6.07, 6.45) is -0.804. The smallest absolute Gasteiger partial charge is 0.408 e. The van der Waals surface area contributed by atoms with Crippen LogP contribution >= 0.6 is 0 Å². The summed E-state index contributed by atoms with van der Waals surface area (Å²) < 4.78 is 11.1. The Morgan fingerprint density at radius 2 is 1.27 bits per heavy atom. The number of nitrogens with zero attached hydrogens (tertiary/aromatic N) is 2. The second-order valence-corrected chi connectivity index (χ2v) is 13.3. The number of phenols is 1. The Kier molecular flexibility index (Phi) is 12.7. The second-order valence-electron chi connectivity index (χ2n) is 13.3. The van der Waals surface area contributed by atoms with Crippen LogP contribution in [0.25, 0.3) is 0 Å². The number of phenolic OH excluding ortho intramolecular Hbond substituents is 1. The number of hydrogen-bond donors (Lipinski definition) is 3. The van der Waals surface area contributed by atoms with Crippen LogP contribution in [0.3, 0.4) is 0 Å². The van der Waals surface area contributed by atoms with Gasteiger partial charge in [0.2, 0.25) is 11.8 Å². The molecule has 0 spiro atoms. The maximum absolute atomic E-state index is 14.4. The lowest BCUT2D eigenvalue weighted by molar-refractivity contribution is -0.159. The molecule has 0 heterocycles. The SMILES string of the molecule is CC(C)(C)OC(=O)NC(Cc1ccc(O)cc1)C(=O)N(CC#N)C(C(=O)NC(Cc1ccccc1)C(=O)OC(C)(C)C)c1ccccc1. The molecule has 0 saturated carbocycles. The molecular formula is C37H44N4O7. The Morgan fingerprint density at radius 3 is 1.81 bits per heavy atom.